The van der Waals surface area contributed by atoms with E-state index in [1.165, 1.54) is 6.20 Å². The van der Waals surface area contributed by atoms with Crippen molar-refractivity contribution in [1.82, 2.24) is 9.88 Å². The molecule has 0 unspecified atom stereocenters. The summed E-state index contributed by atoms with van der Waals surface area (Å²) in [6.45, 7) is 2.27. The zero-order chi connectivity index (χ0) is 14.1. The fourth-order valence-electron chi connectivity index (χ4n) is 1.51. The van der Waals surface area contributed by atoms with Gasteiger partial charge in [0.1, 0.15) is 18.0 Å². The van der Waals surface area contributed by atoms with Crippen LogP contribution in [0.3, 0.4) is 0 Å². The second-order valence-electron chi connectivity index (χ2n) is 3.79. The van der Waals surface area contributed by atoms with E-state index in [0.29, 0.717) is 31.4 Å². The Kier molecular flexibility index (Phi) is 7.55. The monoisotopic (exact) mass is 305 g/mol. The molecule has 0 saturated heterocycles. The van der Waals surface area contributed by atoms with Gasteiger partial charge >= 0.3 is 5.97 Å². The number of hydrogen-bond donors (Lipinski definition) is 1. The quantitative estimate of drug-likeness (QED) is 0.583. The number of nitrogen functional groups attached to an aromatic ring is 1. The highest BCUT2D eigenvalue weighted by atomic mass is 35.5. The van der Waals surface area contributed by atoms with Gasteiger partial charge in [0.25, 0.3) is 0 Å². The number of ether oxygens (including phenoxy) is 1. The molecule has 1 rings (SSSR count). The van der Waals surface area contributed by atoms with E-state index in [-0.39, 0.29) is 18.0 Å². The molecular formula is C12H17Cl2N3O2. The molecule has 0 atom stereocenters. The summed E-state index contributed by atoms with van der Waals surface area (Å²) < 4.78 is 5.15. The molecule has 1 aromatic rings. The number of alkyl halides is 2. The lowest BCUT2D eigenvalue weighted by Crippen LogP contribution is -2.32. The van der Waals surface area contributed by atoms with Crippen LogP contribution in [0.1, 0.15) is 10.4 Å². The summed E-state index contributed by atoms with van der Waals surface area (Å²) in [6.07, 6.45) is 1.52. The first kappa shape index (κ1) is 16.0. The summed E-state index contributed by atoms with van der Waals surface area (Å²) in [7, 11) is 0. The molecule has 0 aliphatic rings. The summed E-state index contributed by atoms with van der Waals surface area (Å²) in [4.78, 5) is 17.6. The van der Waals surface area contributed by atoms with Crippen molar-refractivity contribution in [3.05, 3.63) is 23.9 Å². The van der Waals surface area contributed by atoms with Crippen LogP contribution >= 0.6 is 23.2 Å². The molecule has 0 aliphatic heterocycles. The predicted octanol–water partition coefficient (Wildman–Crippen LogP) is 1.60. The largest absolute Gasteiger partial charge is 0.461 e. The van der Waals surface area contributed by atoms with Crippen molar-refractivity contribution < 1.29 is 9.53 Å². The van der Waals surface area contributed by atoms with E-state index in [1.54, 1.807) is 12.1 Å². The number of hydrogen-bond acceptors (Lipinski definition) is 5. The zero-order valence-corrected chi connectivity index (χ0v) is 12.0. The average molecular weight is 306 g/mol. The predicted molar refractivity (Wildman–Crippen MR) is 76.8 cm³/mol. The molecule has 0 spiro atoms. The van der Waals surface area contributed by atoms with Crippen LogP contribution in [0.15, 0.2) is 18.3 Å². The zero-order valence-electron chi connectivity index (χ0n) is 10.5. The Morgan fingerprint density at radius 2 is 2.00 bits per heavy atom. The van der Waals surface area contributed by atoms with Crippen molar-refractivity contribution in [2.24, 2.45) is 0 Å². The van der Waals surface area contributed by atoms with Crippen molar-refractivity contribution in [3.8, 4) is 0 Å². The molecule has 0 amide bonds. The Hall–Kier alpha value is -1.04. The van der Waals surface area contributed by atoms with Gasteiger partial charge in [-0.25, -0.2) is 9.78 Å². The minimum absolute atomic E-state index is 0.172. The van der Waals surface area contributed by atoms with Gasteiger partial charge in [0.05, 0.1) is 0 Å². The highest BCUT2D eigenvalue weighted by Crippen LogP contribution is 2.08. The second kappa shape index (κ2) is 8.96. The Morgan fingerprint density at radius 1 is 1.32 bits per heavy atom. The maximum Gasteiger partial charge on any atom is 0.341 e. The minimum Gasteiger partial charge on any atom is -0.461 e. The van der Waals surface area contributed by atoms with Gasteiger partial charge in [-0.3, -0.25) is 4.90 Å². The van der Waals surface area contributed by atoms with Crippen molar-refractivity contribution in [2.45, 2.75) is 0 Å². The normalized spacial score (nSPS) is 10.7. The van der Waals surface area contributed by atoms with E-state index in [9.17, 15) is 4.79 Å². The van der Waals surface area contributed by atoms with E-state index in [2.05, 4.69) is 4.98 Å². The number of nitrogens with two attached hydrogens (primary N) is 1. The van der Waals surface area contributed by atoms with Crippen LogP contribution in [0.4, 0.5) is 5.82 Å². The third-order valence-corrected chi connectivity index (χ3v) is 2.84. The Balaban J connectivity index is 2.40. The number of esters is 1. The lowest BCUT2D eigenvalue weighted by Gasteiger charge is -2.19. The molecule has 1 heterocycles. The molecule has 1 aromatic heterocycles. The SMILES string of the molecule is Nc1ncccc1C(=O)OCCN(CCCl)CCCl. The standard InChI is InChI=1S/C12H17Cl2N3O2/c13-3-6-17(7-4-14)8-9-19-12(18)10-2-1-5-16-11(10)15/h1-2,5H,3-4,6-9H2,(H2,15,16). The molecular weight excluding hydrogens is 289 g/mol. The Bertz CT molecular complexity index is 398. The minimum atomic E-state index is -0.470. The molecule has 5 nitrogen and oxygen atoms in total. The first-order valence-corrected chi connectivity index (χ1v) is 6.97. The fourth-order valence-corrected chi connectivity index (χ4v) is 1.99. The Morgan fingerprint density at radius 3 is 2.58 bits per heavy atom. The Labute approximate surface area is 122 Å². The number of rotatable bonds is 8. The highest BCUT2D eigenvalue weighted by Gasteiger charge is 2.12. The van der Waals surface area contributed by atoms with Crippen LogP contribution in [-0.2, 0) is 4.74 Å². The molecule has 0 bridgehead atoms. The molecule has 0 aromatic carbocycles. The maximum atomic E-state index is 11.7. The molecule has 0 aliphatic carbocycles. The molecule has 19 heavy (non-hydrogen) atoms. The van der Waals surface area contributed by atoms with E-state index in [1.807, 2.05) is 4.90 Å². The molecule has 2 N–H and O–H groups in total. The summed E-state index contributed by atoms with van der Waals surface area (Å²) in [5.41, 5.74) is 5.87. The molecule has 106 valence electrons. The first-order chi connectivity index (χ1) is 9.19. The second-order valence-corrected chi connectivity index (χ2v) is 4.55. The lowest BCUT2D eigenvalue weighted by atomic mass is 10.2. The molecule has 7 heteroatoms. The van der Waals surface area contributed by atoms with Crippen molar-refractivity contribution >= 4 is 35.0 Å². The third-order valence-electron chi connectivity index (χ3n) is 2.50. The van der Waals surface area contributed by atoms with E-state index in [0.717, 1.165) is 0 Å². The van der Waals surface area contributed by atoms with Gasteiger partial charge in [0.2, 0.25) is 0 Å². The number of carbonyl (C=O) groups excluding carboxylic acids is 1. The van der Waals surface area contributed by atoms with Gasteiger partial charge in [-0.05, 0) is 12.1 Å². The van der Waals surface area contributed by atoms with Crippen molar-refractivity contribution in [1.29, 1.82) is 0 Å². The summed E-state index contributed by atoms with van der Waals surface area (Å²) >= 11 is 11.3. The lowest BCUT2D eigenvalue weighted by molar-refractivity contribution is 0.0468. The number of aromatic nitrogens is 1. The number of pyridine rings is 1. The summed E-state index contributed by atoms with van der Waals surface area (Å²) in [6, 6.07) is 3.22. The maximum absolute atomic E-state index is 11.7. The van der Waals surface area contributed by atoms with Crippen molar-refractivity contribution in [2.75, 3.05) is 43.7 Å². The average Bonchev–Trinajstić information content (AvgIpc) is 2.39. The third kappa shape index (κ3) is 5.63. The van der Waals surface area contributed by atoms with Crippen molar-refractivity contribution in [3.63, 3.8) is 0 Å². The topological polar surface area (TPSA) is 68.4 Å². The molecule has 0 saturated carbocycles. The van der Waals surface area contributed by atoms with E-state index in [4.69, 9.17) is 33.7 Å². The number of halogens is 2. The highest BCUT2D eigenvalue weighted by molar-refractivity contribution is 6.18. The van der Waals surface area contributed by atoms with Crippen LogP contribution in [0.5, 0.6) is 0 Å². The first-order valence-electron chi connectivity index (χ1n) is 5.91. The smallest absolute Gasteiger partial charge is 0.341 e. The number of nitrogens with zero attached hydrogens (tertiary/aromatic N) is 2. The molecule has 0 radical (unpaired) electrons. The summed E-state index contributed by atoms with van der Waals surface area (Å²) in [5.74, 6) is 0.731. The van der Waals surface area contributed by atoms with Crippen LogP contribution in [0.2, 0.25) is 0 Å². The van der Waals surface area contributed by atoms with Crippen LogP contribution in [-0.4, -0.2) is 53.9 Å². The van der Waals surface area contributed by atoms with Crippen LogP contribution in [0.25, 0.3) is 0 Å². The van der Waals surface area contributed by atoms with E-state index >= 15 is 0 Å². The molecule has 0 fully saturated rings. The van der Waals surface area contributed by atoms with Crippen LogP contribution in [0, 0.1) is 0 Å². The van der Waals surface area contributed by atoms with Gasteiger partial charge in [0.15, 0.2) is 0 Å². The van der Waals surface area contributed by atoms with Crippen LogP contribution < -0.4 is 5.73 Å². The summed E-state index contributed by atoms with van der Waals surface area (Å²) in [5, 5.41) is 0. The van der Waals surface area contributed by atoms with Gasteiger partial charge in [0, 0.05) is 37.6 Å². The fraction of sp³-hybridized carbons (Fsp3) is 0.500. The van der Waals surface area contributed by atoms with E-state index < -0.39 is 5.97 Å². The van der Waals surface area contributed by atoms with Gasteiger partial charge in [-0.15, -0.1) is 23.2 Å². The van der Waals surface area contributed by atoms with Gasteiger partial charge in [-0.1, -0.05) is 0 Å². The number of anilines is 1. The van der Waals surface area contributed by atoms with Gasteiger partial charge in [-0.2, -0.15) is 0 Å². The number of carbonyl (C=O) groups is 1. The van der Waals surface area contributed by atoms with Gasteiger partial charge < -0.3 is 10.5 Å².